The van der Waals surface area contributed by atoms with Crippen LogP contribution < -0.4 is 0 Å². The molecule has 0 aromatic rings. The minimum atomic E-state index is -3.92. The summed E-state index contributed by atoms with van der Waals surface area (Å²) < 4.78 is 35.7. The average Bonchev–Trinajstić information content (AvgIpc) is 1.56. The third-order valence-electron chi connectivity index (χ3n) is 2.37. The molecule has 0 aliphatic heterocycles. The van der Waals surface area contributed by atoms with Gasteiger partial charge >= 0.3 is 40.7 Å². The molecule has 0 heterocycles. The van der Waals surface area contributed by atoms with Crippen molar-refractivity contribution in [2.24, 2.45) is 5.41 Å². The van der Waals surface area contributed by atoms with Crippen molar-refractivity contribution < 1.29 is 28.0 Å². The Morgan fingerprint density at radius 3 is 1.55 bits per heavy atom. The van der Waals surface area contributed by atoms with Crippen LogP contribution in [0.5, 0.6) is 0 Å². The number of hydrogen-bond donors (Lipinski definition) is 0. The summed E-state index contributed by atoms with van der Waals surface area (Å²) in [5.41, 5.74) is -1.23. The summed E-state index contributed by atoms with van der Waals surface area (Å²) in [5, 5.41) is 0. The van der Waals surface area contributed by atoms with Gasteiger partial charge in [0.05, 0.1) is 0 Å². The minimum absolute atomic E-state index is 0.330. The molecule has 3 aliphatic rings. The van der Waals surface area contributed by atoms with Crippen LogP contribution in [0.25, 0.3) is 0 Å². The van der Waals surface area contributed by atoms with Crippen LogP contribution in [-0.2, 0) is 14.8 Å². The van der Waals surface area contributed by atoms with Gasteiger partial charge < -0.3 is 5.92 Å². The molecule has 0 N–H and O–H groups in total. The molecule has 0 spiro atoms. The van der Waals surface area contributed by atoms with Gasteiger partial charge in [-0.1, -0.05) is 0 Å². The van der Waals surface area contributed by atoms with E-state index in [1.54, 1.807) is 0 Å². The van der Waals surface area contributed by atoms with E-state index in [4.69, 9.17) is 0 Å². The van der Waals surface area contributed by atoms with Crippen LogP contribution >= 0.6 is 19.8 Å². The van der Waals surface area contributed by atoms with E-state index in [9.17, 15) is 13.2 Å². The van der Waals surface area contributed by atoms with Gasteiger partial charge in [0.15, 0.2) is 0 Å². The molecular weight excluding hydrogens is 321 g/mol. The van der Waals surface area contributed by atoms with Crippen LogP contribution in [0, 0.1) is 11.3 Å². The zero-order valence-electron chi connectivity index (χ0n) is 5.84. The molecule has 0 nitrogen and oxygen atoms in total. The predicted molar refractivity (Wildman–Crippen MR) is 39.6 cm³/mol. The quantitative estimate of drug-likeness (QED) is 0.364. The second kappa shape index (κ2) is 3.13. The first-order valence-corrected chi connectivity index (χ1v) is 12.3. The summed E-state index contributed by atoms with van der Waals surface area (Å²) >= 11 is 3.62. The van der Waals surface area contributed by atoms with Crippen LogP contribution in [0.1, 0.15) is 19.3 Å². The molecule has 0 atom stereocenters. The molecule has 5 heteroatoms. The van der Waals surface area contributed by atoms with Crippen molar-refractivity contribution in [2.45, 2.75) is 25.4 Å². The molecule has 0 aromatic heterocycles. The van der Waals surface area contributed by atoms with Crippen molar-refractivity contribution in [3.05, 3.63) is 5.92 Å². The molecule has 0 saturated heterocycles. The molecule has 0 radical (unpaired) electrons. The zero-order chi connectivity index (χ0) is 8.70. The van der Waals surface area contributed by atoms with Gasteiger partial charge in [-0.25, -0.2) is 0 Å². The second-order valence-corrected chi connectivity index (χ2v) is 3.06. The first-order valence-electron chi connectivity index (χ1n) is 3.21. The molecular formula is C6H6F3IZn. The zero-order valence-corrected chi connectivity index (χ0v) is 11.0. The summed E-state index contributed by atoms with van der Waals surface area (Å²) in [4.78, 5) is 0. The fourth-order valence-corrected chi connectivity index (χ4v) is 1.58. The Kier molecular flexibility index (Phi) is 2.91. The molecule has 3 saturated carbocycles. The Labute approximate surface area is 84.2 Å². The van der Waals surface area contributed by atoms with Crippen LogP contribution in [-0.4, -0.2) is 6.18 Å². The predicted octanol–water partition coefficient (Wildman–Crippen LogP) is 3.19. The van der Waals surface area contributed by atoms with Crippen molar-refractivity contribution in [2.75, 3.05) is 0 Å². The van der Waals surface area contributed by atoms with Gasteiger partial charge in [0, 0.05) is 0 Å². The van der Waals surface area contributed by atoms with Crippen molar-refractivity contribution in [1.82, 2.24) is 0 Å². The fourth-order valence-electron chi connectivity index (χ4n) is 1.58. The molecule has 3 aliphatic carbocycles. The van der Waals surface area contributed by atoms with Gasteiger partial charge in [-0.3, -0.25) is 0 Å². The summed E-state index contributed by atoms with van der Waals surface area (Å²) in [6.07, 6.45) is -2.93. The molecule has 0 unspecified atom stereocenters. The summed E-state index contributed by atoms with van der Waals surface area (Å²) in [6, 6.07) is 0. The maximum atomic E-state index is 11.9. The Bertz CT molecular complexity index is 139. The Hall–Kier alpha value is 1.14. The van der Waals surface area contributed by atoms with E-state index < -0.39 is 11.6 Å². The molecule has 2 bridgehead atoms. The Morgan fingerprint density at radius 2 is 1.55 bits per heavy atom. The molecule has 60 valence electrons. The van der Waals surface area contributed by atoms with Crippen LogP contribution in [0.3, 0.4) is 0 Å². The van der Waals surface area contributed by atoms with Crippen molar-refractivity contribution in [1.29, 1.82) is 0 Å². The van der Waals surface area contributed by atoms with Gasteiger partial charge in [0.25, 0.3) is 0 Å². The second-order valence-electron chi connectivity index (χ2n) is 3.06. The van der Waals surface area contributed by atoms with E-state index in [0.717, 1.165) is 5.92 Å². The monoisotopic (exact) mass is 326 g/mol. The third-order valence-corrected chi connectivity index (χ3v) is 2.37. The average molecular weight is 327 g/mol. The molecule has 0 amide bonds. The maximum absolute atomic E-state index is 11.9. The third kappa shape index (κ3) is 1.47. The van der Waals surface area contributed by atoms with Crippen molar-refractivity contribution in [3.63, 3.8) is 0 Å². The van der Waals surface area contributed by atoms with Gasteiger partial charge in [-0.2, -0.15) is 32.4 Å². The number of hydrogen-bond acceptors (Lipinski definition) is 0. The summed E-state index contributed by atoms with van der Waals surface area (Å²) in [7, 11) is 0. The Morgan fingerprint density at radius 1 is 1.18 bits per heavy atom. The first-order chi connectivity index (χ1) is 5.04. The van der Waals surface area contributed by atoms with Crippen LogP contribution in [0.15, 0.2) is 0 Å². The number of rotatable bonds is 0. The van der Waals surface area contributed by atoms with Crippen LogP contribution in [0.4, 0.5) is 13.2 Å². The van der Waals surface area contributed by atoms with E-state index >= 15 is 0 Å². The van der Waals surface area contributed by atoms with E-state index in [0.29, 0.717) is 19.3 Å². The number of alkyl halides is 3. The number of halogens is 4. The summed E-state index contributed by atoms with van der Waals surface area (Å²) in [5.74, 6) is 1.10. The van der Waals surface area contributed by atoms with Gasteiger partial charge in [-0.15, -0.1) is 0 Å². The van der Waals surface area contributed by atoms with E-state index in [2.05, 4.69) is 19.8 Å². The first kappa shape index (κ1) is 10.2. The van der Waals surface area contributed by atoms with E-state index in [-0.39, 0.29) is 0 Å². The van der Waals surface area contributed by atoms with Gasteiger partial charge in [0.1, 0.15) is 0 Å². The van der Waals surface area contributed by atoms with Gasteiger partial charge in [0.2, 0.25) is 0 Å². The summed E-state index contributed by atoms with van der Waals surface area (Å²) in [6.45, 7) is 0. The van der Waals surface area contributed by atoms with Crippen LogP contribution in [0.2, 0.25) is 0 Å². The molecule has 11 heavy (non-hydrogen) atoms. The Balaban J connectivity index is 0.000000281. The fraction of sp³-hybridized carbons (Fsp3) is 0.833. The molecule has 3 fully saturated rings. The van der Waals surface area contributed by atoms with Crippen molar-refractivity contribution >= 4 is 19.8 Å². The van der Waals surface area contributed by atoms with Gasteiger partial charge in [-0.05, 0) is 5.41 Å². The normalized spacial score (nSPS) is 26.0. The van der Waals surface area contributed by atoms with E-state index in [1.807, 2.05) is 0 Å². The SMILES string of the molecule is FC(F)(F)C12C[C-](C1)C2.[Zn+][I]. The molecule has 0 aromatic carbocycles. The molecule has 3 rings (SSSR count). The van der Waals surface area contributed by atoms with Crippen molar-refractivity contribution in [3.8, 4) is 0 Å². The van der Waals surface area contributed by atoms with E-state index in [1.165, 1.54) is 14.8 Å². The standard InChI is InChI=1S/C6H6F3.HI.Zn/c7-6(8,9)5-1-4(2-5)3-5;;/h1-3H2;1H;/q-1;;+2/p-1. The topological polar surface area (TPSA) is 0 Å².